The number of amides is 1. The van der Waals surface area contributed by atoms with Crippen LogP contribution in [0.5, 0.6) is 17.2 Å². The van der Waals surface area contributed by atoms with Crippen LogP contribution in [-0.4, -0.2) is 130 Å². The average molecular weight is 1240 g/mol. The highest BCUT2D eigenvalue weighted by atomic mass is 16.5. The highest BCUT2D eigenvalue weighted by molar-refractivity contribution is 6.18. The van der Waals surface area contributed by atoms with Gasteiger partial charge in [0.1, 0.15) is 51.5 Å². The molecule has 2 fully saturated rings. The molecular formula is C68H78BN12O10. The second kappa shape index (κ2) is 29.8. The van der Waals surface area contributed by atoms with Crippen LogP contribution in [0.1, 0.15) is 99.3 Å². The third kappa shape index (κ3) is 13.5. The second-order valence-electron chi connectivity index (χ2n) is 21.1. The molecule has 1 radical (unpaired) electrons. The van der Waals surface area contributed by atoms with E-state index in [1.54, 1.807) is 32.7 Å². The zero-order chi connectivity index (χ0) is 63.8. The minimum Gasteiger partial charge on any atom is -0.496 e. The highest BCUT2D eigenvalue weighted by Crippen LogP contribution is 2.45. The smallest absolute Gasteiger partial charge is 0.298 e. The first-order valence-electron chi connectivity index (χ1n) is 29.9. The van der Waals surface area contributed by atoms with Crippen LogP contribution in [0.15, 0.2) is 94.2 Å². The Morgan fingerprint density at radius 3 is 1.55 bits per heavy atom. The molecule has 8 aromatic heterocycles. The van der Waals surface area contributed by atoms with Crippen molar-refractivity contribution in [1.82, 2.24) is 55.5 Å². The van der Waals surface area contributed by atoms with Gasteiger partial charge in [0.2, 0.25) is 0 Å². The van der Waals surface area contributed by atoms with E-state index in [1.807, 2.05) is 122 Å². The predicted octanol–water partition coefficient (Wildman–Crippen LogP) is 12.5. The van der Waals surface area contributed by atoms with Gasteiger partial charge < -0.3 is 58.8 Å². The molecule has 0 spiro atoms. The number of ether oxygens (including phenoxy) is 5. The molecule has 2 aliphatic rings. The zero-order valence-corrected chi connectivity index (χ0v) is 51.3. The lowest BCUT2D eigenvalue weighted by Crippen LogP contribution is -2.39. The molecule has 23 heteroatoms. The van der Waals surface area contributed by atoms with E-state index < -0.39 is 0 Å². The van der Waals surface area contributed by atoms with Gasteiger partial charge in [-0.2, -0.15) is 0 Å². The van der Waals surface area contributed by atoms with Gasteiger partial charge in [-0.15, -0.1) is 0 Å². The minimum absolute atomic E-state index is 0. The van der Waals surface area contributed by atoms with Crippen molar-refractivity contribution in [2.75, 3.05) is 40.6 Å². The van der Waals surface area contributed by atoms with Crippen molar-refractivity contribution in [1.29, 1.82) is 1.34 Å². The SMILES string of the molecule is C.C.CC.COc1cc2c(cc1-c1c(C)noc1C)[nH]c1nc(C)nc(-c3ccc(C(=O)NC4CCOCC4)c4ncccc34)c12.COc1cc2c(cc1-c1c(C)noc1C)[nH]c1nc(C)nc(-c3ccc(OC=O)c4ncccc34)c12.NC1CCOCC1.[3H][B]O. The first kappa shape index (κ1) is 65.8. The number of methoxy groups -OCH3 is 2. The molecule has 12 aromatic rings. The number of carbonyl (C=O) groups is 2. The summed E-state index contributed by atoms with van der Waals surface area (Å²) in [5.41, 5.74) is 18.8. The fraction of sp³-hybridized carbons (Fsp3) is 0.324. The molecule has 4 aromatic carbocycles. The van der Waals surface area contributed by atoms with Gasteiger partial charge in [-0.3, -0.25) is 19.6 Å². The first-order chi connectivity index (χ1) is 43.7. The van der Waals surface area contributed by atoms with Crippen LogP contribution in [0.3, 0.4) is 0 Å². The van der Waals surface area contributed by atoms with E-state index in [-0.39, 0.29) is 34.8 Å². The van der Waals surface area contributed by atoms with Gasteiger partial charge in [0.25, 0.3) is 20.4 Å². The molecular weight excluding hydrogens is 1160 g/mol. The maximum absolute atomic E-state index is 13.4. The molecule has 2 saturated heterocycles. The second-order valence-corrected chi connectivity index (χ2v) is 21.1. The lowest BCUT2D eigenvalue weighted by Gasteiger charge is -2.23. The Labute approximate surface area is 529 Å². The first-order valence-corrected chi connectivity index (χ1v) is 29.3. The van der Waals surface area contributed by atoms with Crippen molar-refractivity contribution in [2.24, 2.45) is 5.73 Å². The van der Waals surface area contributed by atoms with E-state index in [9.17, 15) is 9.59 Å². The molecule has 0 unspecified atom stereocenters. The fourth-order valence-electron chi connectivity index (χ4n) is 11.6. The maximum Gasteiger partial charge on any atom is 0.298 e. The standard InChI is InChI=1S/C32H30N6O4.C27H21N5O4.C5H11NO.C2H6.2CH4.BH2O/c1-16-27(17(2)42-38-16)24-14-25-23(15-26(24)40-4)28-30(34-18(3)35-31(28)37-25)21-7-8-22(29-20(21)6-5-11-33-29)32(39)36-19-9-12-41-13-10-19;1-13-23(14(2)36-32-13)19-10-20-18(11-22(19)34-4)24-26(29-15(3)30-27(24)31-20)17-7-8-21(35-12-33)25-16(17)6-5-9-28-25;6-5-1-3-7-4-2-5;1-2;;;1-2/h5-8,11,14-15,19H,9-10,12-13H2,1-4H3,(H,36,39)(H,34,35,37);5-12H,1-4H3,(H,29,30,31);5H,1-4,6H2;1-2H3;2*1H4;1-2H/i;;;;;;1T. The van der Waals surface area contributed by atoms with E-state index >= 15 is 0 Å². The fourth-order valence-corrected chi connectivity index (χ4v) is 11.6. The Bertz CT molecular complexity index is 4540. The van der Waals surface area contributed by atoms with Crippen molar-refractivity contribution < 1.29 is 47.3 Å². The van der Waals surface area contributed by atoms with Crippen LogP contribution in [0.2, 0.25) is 0 Å². The summed E-state index contributed by atoms with van der Waals surface area (Å²) in [5.74, 6) is 4.31. The van der Waals surface area contributed by atoms with Crippen LogP contribution >= 0.6 is 0 Å². The molecule has 1 amide bonds. The lowest BCUT2D eigenvalue weighted by molar-refractivity contribution is -0.120. The van der Waals surface area contributed by atoms with E-state index in [0.29, 0.717) is 88.3 Å². The number of hydrogen-bond acceptors (Lipinski definition) is 19. The van der Waals surface area contributed by atoms with Crippen molar-refractivity contribution in [3.05, 3.63) is 125 Å². The Hall–Kier alpha value is -9.68. The molecule has 473 valence electrons. The number of H-pyrrole nitrogens is 2. The van der Waals surface area contributed by atoms with Gasteiger partial charge in [-0.1, -0.05) is 57.2 Å². The van der Waals surface area contributed by atoms with Gasteiger partial charge in [0.15, 0.2) is 5.75 Å². The molecule has 91 heavy (non-hydrogen) atoms. The van der Waals surface area contributed by atoms with Crippen molar-refractivity contribution in [2.45, 2.75) is 108 Å². The number of pyridine rings is 2. The summed E-state index contributed by atoms with van der Waals surface area (Å²) < 4.78 is 43.8. The summed E-state index contributed by atoms with van der Waals surface area (Å²) in [7, 11) is 3.55. The van der Waals surface area contributed by atoms with Gasteiger partial charge in [-0.05, 0) is 122 Å². The Morgan fingerprint density at radius 1 is 0.648 bits per heavy atom. The number of benzene rings is 4. The lowest BCUT2D eigenvalue weighted by atomic mass is 9.97. The normalized spacial score (nSPS) is 13.3. The molecule has 0 bridgehead atoms. The number of nitrogens with one attached hydrogen (secondary N) is 3. The number of carbonyl (C=O) groups excluding carboxylic acids is 2. The monoisotopic (exact) mass is 1240 g/mol. The molecule has 10 heterocycles. The number of rotatable bonds is 10. The van der Waals surface area contributed by atoms with Gasteiger partial charge in [0, 0.05) is 107 Å². The van der Waals surface area contributed by atoms with E-state index in [0.717, 1.165) is 144 Å². The Kier molecular flexibility index (Phi) is 21.5. The summed E-state index contributed by atoms with van der Waals surface area (Å²) >= 11 is 0. The molecule has 2 aliphatic heterocycles. The van der Waals surface area contributed by atoms with E-state index in [4.69, 9.17) is 59.8 Å². The van der Waals surface area contributed by atoms with Crippen molar-refractivity contribution in [3.63, 3.8) is 0 Å². The molecule has 0 atom stereocenters. The van der Waals surface area contributed by atoms with Gasteiger partial charge in [-0.25, -0.2) is 19.9 Å². The third-order valence-electron chi connectivity index (χ3n) is 15.6. The van der Waals surface area contributed by atoms with Crippen molar-refractivity contribution in [3.8, 4) is 62.0 Å². The minimum atomic E-state index is -0.134. The number of aryl methyl sites for hydroxylation is 6. The van der Waals surface area contributed by atoms with E-state index in [1.165, 1.54) is 0 Å². The molecule has 0 saturated carbocycles. The quantitative estimate of drug-likeness (QED) is 0.0628. The summed E-state index contributed by atoms with van der Waals surface area (Å²) in [6, 6.07) is 23.6. The van der Waals surface area contributed by atoms with Crippen LogP contribution in [0.4, 0.5) is 0 Å². The van der Waals surface area contributed by atoms with Crippen molar-refractivity contribution >= 4 is 86.1 Å². The largest absolute Gasteiger partial charge is 0.496 e. The number of nitrogens with zero attached hydrogens (tertiary/aromatic N) is 8. The molecule has 14 rings (SSSR count). The third-order valence-corrected chi connectivity index (χ3v) is 15.6. The van der Waals surface area contributed by atoms with Crippen LogP contribution in [0, 0.1) is 41.5 Å². The van der Waals surface area contributed by atoms with E-state index in [2.05, 4.69) is 40.6 Å². The summed E-state index contributed by atoms with van der Waals surface area (Å²) in [4.78, 5) is 59.6. The highest BCUT2D eigenvalue weighted by Gasteiger charge is 2.26. The predicted molar refractivity (Wildman–Crippen MR) is 357 cm³/mol. The topological polar surface area (TPSA) is 300 Å². The van der Waals surface area contributed by atoms with Gasteiger partial charge >= 0.3 is 0 Å². The number of fused-ring (bicyclic) bond motifs is 8. The average Bonchev–Trinajstić information content (AvgIpc) is 1.52. The summed E-state index contributed by atoms with van der Waals surface area (Å²) in [5, 5.41) is 23.7. The Morgan fingerprint density at radius 2 is 1.11 bits per heavy atom. The van der Waals surface area contributed by atoms with Crippen LogP contribution in [-0.2, 0) is 14.3 Å². The maximum atomic E-state index is 13.4. The molecule has 22 nitrogen and oxygen atoms in total. The number of aromatic nitrogens is 10. The molecule has 0 aliphatic carbocycles. The summed E-state index contributed by atoms with van der Waals surface area (Å²) in [6.45, 7) is 18.8. The van der Waals surface area contributed by atoms with Crippen LogP contribution < -0.4 is 25.3 Å². The zero-order valence-electron chi connectivity index (χ0n) is 52.3. The number of nitrogens with two attached hydrogens (primary N) is 1. The number of aromatic amines is 2. The van der Waals surface area contributed by atoms with Gasteiger partial charge in [0.05, 0.1) is 70.0 Å². The summed E-state index contributed by atoms with van der Waals surface area (Å²) in [6.07, 6.45) is 7.06. The molecule has 6 N–H and O–H groups in total. The Balaban J connectivity index is 0.000000199. The van der Waals surface area contributed by atoms with Crippen LogP contribution in [0.25, 0.3) is 110 Å². The number of hydrogen-bond donors (Lipinski definition) is 5.